The zero-order chi connectivity index (χ0) is 11.1. The van der Waals surface area contributed by atoms with Gasteiger partial charge in [-0.2, -0.15) is 0 Å². The molecule has 0 saturated heterocycles. The number of ketones is 1. The molecule has 2 heteroatoms. The van der Waals surface area contributed by atoms with Crippen molar-refractivity contribution >= 4 is 5.78 Å². The summed E-state index contributed by atoms with van der Waals surface area (Å²) in [6.07, 6.45) is 0.978. The van der Waals surface area contributed by atoms with Crippen molar-refractivity contribution in [3.63, 3.8) is 0 Å². The van der Waals surface area contributed by atoms with Crippen LogP contribution in [-0.4, -0.2) is 18.9 Å². The summed E-state index contributed by atoms with van der Waals surface area (Å²) in [5.41, 5.74) is 1.31. The summed E-state index contributed by atoms with van der Waals surface area (Å²) < 4.78 is 0. The monoisotopic (exact) mass is 205 g/mol. The van der Waals surface area contributed by atoms with Gasteiger partial charge in [-0.3, -0.25) is 4.79 Å². The van der Waals surface area contributed by atoms with Gasteiger partial charge < -0.3 is 5.32 Å². The van der Waals surface area contributed by atoms with Crippen molar-refractivity contribution < 1.29 is 4.79 Å². The van der Waals surface area contributed by atoms with Crippen LogP contribution in [0.1, 0.15) is 19.4 Å². The van der Waals surface area contributed by atoms with Crippen LogP contribution in [0.15, 0.2) is 30.3 Å². The third-order valence-electron chi connectivity index (χ3n) is 2.38. The van der Waals surface area contributed by atoms with Crippen molar-refractivity contribution in [1.29, 1.82) is 0 Å². The lowest BCUT2D eigenvalue weighted by Crippen LogP contribution is -2.27. The molecule has 0 aliphatic rings. The fraction of sp³-hybridized carbons (Fsp3) is 0.462. The Morgan fingerprint density at radius 2 is 1.93 bits per heavy atom. The topological polar surface area (TPSA) is 29.1 Å². The zero-order valence-corrected chi connectivity index (χ0v) is 9.49. The highest BCUT2D eigenvalue weighted by atomic mass is 16.1. The maximum Gasteiger partial charge on any atom is 0.149 e. The van der Waals surface area contributed by atoms with Gasteiger partial charge in [0.2, 0.25) is 0 Å². The van der Waals surface area contributed by atoms with Crippen LogP contribution in [0.4, 0.5) is 0 Å². The van der Waals surface area contributed by atoms with E-state index in [9.17, 15) is 4.79 Å². The zero-order valence-electron chi connectivity index (χ0n) is 9.49. The molecule has 0 saturated carbocycles. The molecular weight excluding hydrogens is 186 g/mol. The SMILES string of the molecule is CC(C)C(=O)CNCCc1ccccc1. The molecule has 0 spiro atoms. The van der Waals surface area contributed by atoms with Gasteiger partial charge in [0.15, 0.2) is 0 Å². The predicted octanol–water partition coefficient (Wildman–Crippen LogP) is 2.04. The quantitative estimate of drug-likeness (QED) is 0.720. The van der Waals surface area contributed by atoms with E-state index < -0.39 is 0 Å². The lowest BCUT2D eigenvalue weighted by atomic mass is 10.1. The predicted molar refractivity (Wildman–Crippen MR) is 62.9 cm³/mol. The first kappa shape index (κ1) is 11.9. The number of hydrogen-bond donors (Lipinski definition) is 1. The van der Waals surface area contributed by atoms with Crippen molar-refractivity contribution in [2.45, 2.75) is 20.3 Å². The van der Waals surface area contributed by atoms with Gasteiger partial charge in [-0.25, -0.2) is 0 Å². The molecule has 0 radical (unpaired) electrons. The summed E-state index contributed by atoms with van der Waals surface area (Å²) in [5.74, 6) is 0.414. The second-order valence-electron chi connectivity index (χ2n) is 4.03. The van der Waals surface area contributed by atoms with Crippen molar-refractivity contribution in [2.75, 3.05) is 13.1 Å². The number of benzene rings is 1. The molecule has 0 amide bonds. The molecule has 82 valence electrons. The summed E-state index contributed by atoms with van der Waals surface area (Å²) in [6.45, 7) is 5.22. The van der Waals surface area contributed by atoms with E-state index >= 15 is 0 Å². The number of Topliss-reactive ketones (excluding diaryl/α,β-unsaturated/α-hetero) is 1. The molecule has 1 aromatic rings. The van der Waals surface area contributed by atoms with Crippen LogP contribution in [-0.2, 0) is 11.2 Å². The van der Waals surface area contributed by atoms with E-state index in [1.807, 2.05) is 32.0 Å². The highest BCUT2D eigenvalue weighted by molar-refractivity contribution is 5.82. The number of hydrogen-bond acceptors (Lipinski definition) is 2. The van der Waals surface area contributed by atoms with Gasteiger partial charge in [-0.1, -0.05) is 44.2 Å². The van der Waals surface area contributed by atoms with Crippen LogP contribution < -0.4 is 5.32 Å². The van der Waals surface area contributed by atoms with E-state index in [2.05, 4.69) is 17.4 Å². The maximum atomic E-state index is 11.3. The minimum Gasteiger partial charge on any atom is -0.310 e. The second kappa shape index (κ2) is 6.36. The van der Waals surface area contributed by atoms with Gasteiger partial charge in [0.05, 0.1) is 6.54 Å². The first-order valence-electron chi connectivity index (χ1n) is 5.47. The van der Waals surface area contributed by atoms with Crippen LogP contribution >= 0.6 is 0 Å². The van der Waals surface area contributed by atoms with E-state index in [0.717, 1.165) is 13.0 Å². The highest BCUT2D eigenvalue weighted by Gasteiger charge is 2.05. The maximum absolute atomic E-state index is 11.3. The first-order valence-corrected chi connectivity index (χ1v) is 5.47. The first-order chi connectivity index (χ1) is 7.20. The van der Waals surface area contributed by atoms with E-state index in [0.29, 0.717) is 6.54 Å². The van der Waals surface area contributed by atoms with Gasteiger partial charge in [0.25, 0.3) is 0 Å². The van der Waals surface area contributed by atoms with Crippen LogP contribution in [0.2, 0.25) is 0 Å². The molecule has 0 aliphatic heterocycles. The molecule has 0 fully saturated rings. The normalized spacial score (nSPS) is 10.6. The molecule has 0 heterocycles. The number of carbonyl (C=O) groups is 1. The van der Waals surface area contributed by atoms with Crippen molar-refractivity contribution in [2.24, 2.45) is 5.92 Å². The molecule has 0 aromatic heterocycles. The Kier molecular flexibility index (Phi) is 5.05. The van der Waals surface area contributed by atoms with E-state index in [1.54, 1.807) is 0 Å². The number of carbonyl (C=O) groups excluding carboxylic acids is 1. The molecule has 1 rings (SSSR count). The lowest BCUT2D eigenvalue weighted by molar-refractivity contribution is -0.121. The Bertz CT molecular complexity index is 293. The van der Waals surface area contributed by atoms with Gasteiger partial charge in [0, 0.05) is 5.92 Å². The van der Waals surface area contributed by atoms with E-state index in [4.69, 9.17) is 0 Å². The third kappa shape index (κ3) is 4.75. The molecule has 0 aliphatic carbocycles. The Morgan fingerprint density at radius 3 is 2.53 bits per heavy atom. The Morgan fingerprint density at radius 1 is 1.27 bits per heavy atom. The van der Waals surface area contributed by atoms with Gasteiger partial charge in [-0.05, 0) is 18.5 Å². The fourth-order valence-corrected chi connectivity index (χ4v) is 1.29. The van der Waals surface area contributed by atoms with Crippen LogP contribution in [0.25, 0.3) is 0 Å². The van der Waals surface area contributed by atoms with Gasteiger partial charge in [0.1, 0.15) is 5.78 Å². The second-order valence-corrected chi connectivity index (χ2v) is 4.03. The van der Waals surface area contributed by atoms with Crippen LogP contribution in [0, 0.1) is 5.92 Å². The van der Waals surface area contributed by atoms with Crippen LogP contribution in [0.5, 0.6) is 0 Å². The molecule has 0 atom stereocenters. The third-order valence-corrected chi connectivity index (χ3v) is 2.38. The average Bonchev–Trinajstić information content (AvgIpc) is 2.25. The molecule has 1 N–H and O–H groups in total. The Labute approximate surface area is 91.7 Å². The number of nitrogens with one attached hydrogen (secondary N) is 1. The average molecular weight is 205 g/mol. The largest absolute Gasteiger partial charge is 0.310 e. The molecule has 0 unspecified atom stereocenters. The van der Waals surface area contributed by atoms with Crippen molar-refractivity contribution in [3.05, 3.63) is 35.9 Å². The minimum absolute atomic E-state index is 0.134. The Hall–Kier alpha value is -1.15. The highest BCUT2D eigenvalue weighted by Crippen LogP contribution is 1.98. The van der Waals surface area contributed by atoms with Crippen molar-refractivity contribution in [3.8, 4) is 0 Å². The smallest absolute Gasteiger partial charge is 0.149 e. The molecular formula is C13H19NO. The standard InChI is InChI=1S/C13H19NO/c1-11(2)13(15)10-14-9-8-12-6-4-3-5-7-12/h3-7,11,14H,8-10H2,1-2H3. The minimum atomic E-state index is 0.134. The lowest BCUT2D eigenvalue weighted by Gasteiger charge is -2.06. The van der Waals surface area contributed by atoms with E-state index in [-0.39, 0.29) is 11.7 Å². The summed E-state index contributed by atoms with van der Waals surface area (Å²) in [6, 6.07) is 10.3. The molecule has 1 aromatic carbocycles. The summed E-state index contributed by atoms with van der Waals surface area (Å²) in [4.78, 5) is 11.3. The summed E-state index contributed by atoms with van der Waals surface area (Å²) in [7, 11) is 0. The number of rotatable bonds is 6. The fourth-order valence-electron chi connectivity index (χ4n) is 1.29. The summed E-state index contributed by atoms with van der Waals surface area (Å²) in [5, 5.41) is 3.17. The van der Waals surface area contributed by atoms with Crippen molar-refractivity contribution in [1.82, 2.24) is 5.32 Å². The molecule has 0 bridgehead atoms. The van der Waals surface area contributed by atoms with E-state index in [1.165, 1.54) is 5.56 Å². The molecule has 2 nitrogen and oxygen atoms in total. The van der Waals surface area contributed by atoms with Gasteiger partial charge >= 0.3 is 0 Å². The van der Waals surface area contributed by atoms with Gasteiger partial charge in [-0.15, -0.1) is 0 Å². The van der Waals surface area contributed by atoms with Crippen LogP contribution in [0.3, 0.4) is 0 Å². The Balaban J connectivity index is 2.15. The summed E-state index contributed by atoms with van der Waals surface area (Å²) >= 11 is 0. The molecule has 15 heavy (non-hydrogen) atoms.